The maximum Gasteiger partial charge on any atom is 0.0487 e. The van der Waals surface area contributed by atoms with Crippen LogP contribution in [0.3, 0.4) is 0 Å². The predicted molar refractivity (Wildman–Crippen MR) is 83.9 cm³/mol. The van der Waals surface area contributed by atoms with E-state index in [0.29, 0.717) is 0 Å². The van der Waals surface area contributed by atoms with Crippen LogP contribution in [-0.2, 0) is 0 Å². The number of benzene rings is 3. The minimum Gasteiger partial charge on any atom is -0.0837 e. The number of aryl methyl sites for hydroxylation is 2. The zero-order valence-corrected chi connectivity index (χ0v) is 11.8. The highest BCUT2D eigenvalue weighted by Gasteiger charge is 2.10. The van der Waals surface area contributed by atoms with Crippen molar-refractivity contribution in [3.8, 4) is 11.1 Å². The third-order valence-electron chi connectivity index (χ3n) is 3.50. The summed E-state index contributed by atoms with van der Waals surface area (Å²) in [5.41, 5.74) is 5.00. The van der Waals surface area contributed by atoms with Crippen LogP contribution in [0.1, 0.15) is 11.1 Å². The molecule has 94 valence electrons. The summed E-state index contributed by atoms with van der Waals surface area (Å²) in [6.07, 6.45) is 0. The molecule has 0 unspecified atom stereocenters. The van der Waals surface area contributed by atoms with Crippen LogP contribution < -0.4 is 0 Å². The topological polar surface area (TPSA) is 0 Å². The van der Waals surface area contributed by atoms with Crippen molar-refractivity contribution in [2.75, 3.05) is 0 Å². The molecule has 0 aliphatic rings. The van der Waals surface area contributed by atoms with Gasteiger partial charge in [0, 0.05) is 10.4 Å². The van der Waals surface area contributed by atoms with E-state index in [-0.39, 0.29) is 0 Å². The van der Waals surface area contributed by atoms with Crippen molar-refractivity contribution in [1.29, 1.82) is 0 Å². The molecule has 0 nitrogen and oxygen atoms in total. The molecule has 19 heavy (non-hydrogen) atoms. The Bertz CT molecular complexity index is 742. The van der Waals surface area contributed by atoms with E-state index >= 15 is 0 Å². The Morgan fingerprint density at radius 1 is 0.789 bits per heavy atom. The van der Waals surface area contributed by atoms with E-state index in [4.69, 9.17) is 11.6 Å². The number of hydrogen-bond acceptors (Lipinski definition) is 0. The molecule has 3 aromatic rings. The Balaban J connectivity index is 2.44. The summed E-state index contributed by atoms with van der Waals surface area (Å²) in [7, 11) is 0. The summed E-state index contributed by atoms with van der Waals surface area (Å²) < 4.78 is 0. The fraction of sp³-hybridized carbons (Fsp3) is 0.111. The van der Waals surface area contributed by atoms with Crippen LogP contribution in [0.4, 0.5) is 0 Å². The summed E-state index contributed by atoms with van der Waals surface area (Å²) in [5.74, 6) is 0. The molecule has 0 fully saturated rings. The van der Waals surface area contributed by atoms with Crippen molar-refractivity contribution in [1.82, 2.24) is 0 Å². The molecule has 0 saturated carbocycles. The van der Waals surface area contributed by atoms with E-state index in [1.807, 2.05) is 6.07 Å². The van der Waals surface area contributed by atoms with Crippen molar-refractivity contribution < 1.29 is 0 Å². The second kappa shape index (κ2) is 4.71. The van der Waals surface area contributed by atoms with Gasteiger partial charge in [-0.3, -0.25) is 0 Å². The van der Waals surface area contributed by atoms with Crippen molar-refractivity contribution in [2.45, 2.75) is 13.8 Å². The van der Waals surface area contributed by atoms with Gasteiger partial charge >= 0.3 is 0 Å². The first-order valence-electron chi connectivity index (χ1n) is 6.42. The lowest BCUT2D eigenvalue weighted by molar-refractivity contribution is 1.46. The van der Waals surface area contributed by atoms with E-state index in [1.165, 1.54) is 27.6 Å². The first-order valence-corrected chi connectivity index (χ1v) is 6.79. The Morgan fingerprint density at radius 3 is 2.26 bits per heavy atom. The quantitative estimate of drug-likeness (QED) is 0.524. The number of halogens is 1. The Hall–Kier alpha value is -1.79. The second-order valence-electron chi connectivity index (χ2n) is 4.97. The van der Waals surface area contributed by atoms with Crippen molar-refractivity contribution >= 4 is 22.4 Å². The predicted octanol–water partition coefficient (Wildman–Crippen LogP) is 5.78. The highest BCUT2D eigenvalue weighted by molar-refractivity contribution is 6.36. The Kier molecular flexibility index (Phi) is 3.04. The van der Waals surface area contributed by atoms with Crippen LogP contribution in [0.5, 0.6) is 0 Å². The van der Waals surface area contributed by atoms with Gasteiger partial charge < -0.3 is 0 Å². The summed E-state index contributed by atoms with van der Waals surface area (Å²) in [6, 6.07) is 19.0. The molecular formula is C18H15Cl. The molecule has 0 aromatic heterocycles. The minimum absolute atomic E-state index is 0.826. The van der Waals surface area contributed by atoms with Gasteiger partial charge in [-0.15, -0.1) is 0 Å². The average molecular weight is 267 g/mol. The van der Waals surface area contributed by atoms with Crippen LogP contribution in [0.2, 0.25) is 5.02 Å². The van der Waals surface area contributed by atoms with Crippen LogP contribution >= 0.6 is 11.6 Å². The van der Waals surface area contributed by atoms with E-state index in [0.717, 1.165) is 10.4 Å². The minimum atomic E-state index is 0.826. The van der Waals surface area contributed by atoms with Gasteiger partial charge in [-0.1, -0.05) is 65.7 Å². The van der Waals surface area contributed by atoms with Crippen molar-refractivity contribution in [2.24, 2.45) is 0 Å². The molecule has 0 saturated heterocycles. The zero-order valence-electron chi connectivity index (χ0n) is 11.1. The Morgan fingerprint density at radius 2 is 1.53 bits per heavy atom. The lowest BCUT2D eigenvalue weighted by Gasteiger charge is -2.13. The molecule has 1 heteroatoms. The van der Waals surface area contributed by atoms with Crippen LogP contribution in [-0.4, -0.2) is 0 Å². The largest absolute Gasteiger partial charge is 0.0837 e. The van der Waals surface area contributed by atoms with Crippen LogP contribution in [0.25, 0.3) is 21.9 Å². The third kappa shape index (κ3) is 2.13. The SMILES string of the molecule is Cc1ccc2c(Cl)cc(C)c(-c3ccccc3)c2c1. The van der Waals surface area contributed by atoms with E-state index in [1.54, 1.807) is 0 Å². The first-order chi connectivity index (χ1) is 9.16. The normalized spacial score (nSPS) is 10.9. The summed E-state index contributed by atoms with van der Waals surface area (Å²) in [6.45, 7) is 4.24. The standard InChI is InChI=1S/C18H15Cl/c1-12-8-9-15-16(10-12)18(13(2)11-17(15)19)14-6-4-3-5-7-14/h3-11H,1-2H3. The molecule has 0 radical (unpaired) electrons. The van der Waals surface area contributed by atoms with Gasteiger partial charge in [-0.25, -0.2) is 0 Å². The monoisotopic (exact) mass is 266 g/mol. The van der Waals surface area contributed by atoms with Gasteiger partial charge in [-0.05, 0) is 42.0 Å². The fourth-order valence-corrected chi connectivity index (χ4v) is 2.94. The highest BCUT2D eigenvalue weighted by atomic mass is 35.5. The fourth-order valence-electron chi connectivity index (χ4n) is 2.61. The van der Waals surface area contributed by atoms with Gasteiger partial charge in [0.1, 0.15) is 0 Å². The van der Waals surface area contributed by atoms with E-state index < -0.39 is 0 Å². The summed E-state index contributed by atoms with van der Waals surface area (Å²) in [4.78, 5) is 0. The van der Waals surface area contributed by atoms with Crippen molar-refractivity contribution in [3.63, 3.8) is 0 Å². The molecule has 3 aromatic carbocycles. The van der Waals surface area contributed by atoms with Gasteiger partial charge in [0.15, 0.2) is 0 Å². The number of hydrogen-bond donors (Lipinski definition) is 0. The molecule has 0 spiro atoms. The first kappa shape index (κ1) is 12.3. The third-order valence-corrected chi connectivity index (χ3v) is 3.81. The smallest absolute Gasteiger partial charge is 0.0487 e. The van der Waals surface area contributed by atoms with Gasteiger partial charge in [0.05, 0.1) is 0 Å². The summed E-state index contributed by atoms with van der Waals surface area (Å²) in [5, 5.41) is 3.18. The summed E-state index contributed by atoms with van der Waals surface area (Å²) >= 11 is 6.37. The van der Waals surface area contributed by atoms with Crippen LogP contribution in [0.15, 0.2) is 54.6 Å². The van der Waals surface area contributed by atoms with Gasteiger partial charge in [-0.2, -0.15) is 0 Å². The maximum absolute atomic E-state index is 6.37. The highest BCUT2D eigenvalue weighted by Crippen LogP contribution is 2.36. The molecule has 0 N–H and O–H groups in total. The van der Waals surface area contributed by atoms with Crippen molar-refractivity contribution in [3.05, 3.63) is 70.7 Å². The Labute approximate surface area is 118 Å². The molecule has 0 amide bonds. The zero-order chi connectivity index (χ0) is 13.4. The van der Waals surface area contributed by atoms with E-state index in [2.05, 4.69) is 62.4 Å². The molecule has 0 bridgehead atoms. The number of rotatable bonds is 1. The average Bonchev–Trinajstić information content (AvgIpc) is 2.39. The molecule has 0 aliphatic heterocycles. The molecule has 0 aliphatic carbocycles. The second-order valence-corrected chi connectivity index (χ2v) is 5.37. The van der Waals surface area contributed by atoms with Crippen LogP contribution in [0, 0.1) is 13.8 Å². The van der Waals surface area contributed by atoms with Gasteiger partial charge in [0.25, 0.3) is 0 Å². The lowest BCUT2D eigenvalue weighted by atomic mass is 9.93. The van der Waals surface area contributed by atoms with Gasteiger partial charge in [0.2, 0.25) is 0 Å². The molecular weight excluding hydrogens is 252 g/mol. The molecule has 3 rings (SSSR count). The molecule has 0 heterocycles. The maximum atomic E-state index is 6.37. The van der Waals surface area contributed by atoms with E-state index in [9.17, 15) is 0 Å². The molecule has 0 atom stereocenters. The lowest BCUT2D eigenvalue weighted by Crippen LogP contribution is -1.88. The number of fused-ring (bicyclic) bond motifs is 1.